The highest BCUT2D eigenvalue weighted by molar-refractivity contribution is 6.31. The number of hydrogen-bond donors (Lipinski definition) is 1. The fraction of sp³-hybridized carbons (Fsp3) is 0.737. The van der Waals surface area contributed by atoms with Crippen LogP contribution in [0.25, 0.3) is 0 Å². The van der Waals surface area contributed by atoms with Crippen LogP contribution < -0.4 is 0 Å². The van der Waals surface area contributed by atoms with E-state index in [2.05, 4.69) is 20.8 Å². The molecule has 5 nitrogen and oxygen atoms in total. The van der Waals surface area contributed by atoms with Crippen LogP contribution in [0.3, 0.4) is 0 Å². The molecule has 3 heterocycles. The van der Waals surface area contributed by atoms with Crippen molar-refractivity contribution in [3.8, 4) is 0 Å². The first-order valence-electron chi connectivity index (χ1n) is 9.07. The van der Waals surface area contributed by atoms with Crippen LogP contribution in [-0.2, 0) is 11.8 Å². The molecule has 2 fully saturated rings. The number of piperidine rings is 1. The van der Waals surface area contributed by atoms with Crippen molar-refractivity contribution in [1.82, 2.24) is 9.47 Å². The summed E-state index contributed by atoms with van der Waals surface area (Å²) >= 11 is 6.00. The highest BCUT2D eigenvalue weighted by atomic mass is 35.5. The van der Waals surface area contributed by atoms with Crippen LogP contribution in [0.2, 0.25) is 5.02 Å². The quantitative estimate of drug-likeness (QED) is 0.827. The second-order valence-corrected chi connectivity index (χ2v) is 9.13. The van der Waals surface area contributed by atoms with E-state index in [4.69, 9.17) is 16.3 Å². The van der Waals surface area contributed by atoms with Gasteiger partial charge in [-0.1, -0.05) is 32.4 Å². The first-order chi connectivity index (χ1) is 11.6. The largest absolute Gasteiger partial charge is 0.393 e. The number of aryl methyl sites for hydroxylation is 1. The van der Waals surface area contributed by atoms with Gasteiger partial charge in [0.2, 0.25) is 0 Å². The molecular weight excluding hydrogens is 340 g/mol. The molecule has 1 aromatic rings. The van der Waals surface area contributed by atoms with E-state index in [1.165, 1.54) is 0 Å². The lowest BCUT2D eigenvalue weighted by molar-refractivity contribution is -0.205. The summed E-state index contributed by atoms with van der Waals surface area (Å²) in [6.07, 6.45) is 4.35. The molecule has 0 radical (unpaired) electrons. The van der Waals surface area contributed by atoms with Gasteiger partial charge in [0.25, 0.3) is 5.91 Å². The van der Waals surface area contributed by atoms with Gasteiger partial charge in [-0.3, -0.25) is 4.79 Å². The zero-order valence-corrected chi connectivity index (χ0v) is 16.3. The number of aromatic nitrogens is 1. The number of aliphatic hydroxyl groups excluding tert-OH is 1. The van der Waals surface area contributed by atoms with Gasteiger partial charge in [-0.05, 0) is 24.3 Å². The lowest BCUT2D eigenvalue weighted by Crippen LogP contribution is -2.55. The number of likely N-dealkylation sites (tertiary alicyclic amines) is 1. The van der Waals surface area contributed by atoms with E-state index < -0.39 is 0 Å². The second-order valence-electron chi connectivity index (χ2n) is 8.70. The second kappa shape index (κ2) is 6.60. The molecular formula is C19H29ClN2O3. The fourth-order valence-electron chi connectivity index (χ4n) is 4.03. The average molecular weight is 369 g/mol. The summed E-state index contributed by atoms with van der Waals surface area (Å²) in [7, 11) is 1.83. The number of carbonyl (C=O) groups is 1. The fourth-order valence-corrected chi connectivity index (χ4v) is 4.28. The van der Waals surface area contributed by atoms with Gasteiger partial charge in [-0.2, -0.15) is 0 Å². The molecule has 25 heavy (non-hydrogen) atoms. The normalized spacial score (nSPS) is 26.9. The van der Waals surface area contributed by atoms with Crippen molar-refractivity contribution in [2.75, 3.05) is 13.1 Å². The summed E-state index contributed by atoms with van der Waals surface area (Å²) in [5.74, 6) is 0.00739. The van der Waals surface area contributed by atoms with Crippen LogP contribution in [0.15, 0.2) is 12.3 Å². The lowest BCUT2D eigenvalue weighted by Gasteiger charge is -2.50. The number of rotatable bonds is 1. The van der Waals surface area contributed by atoms with Gasteiger partial charge in [0.05, 0.1) is 22.8 Å². The molecule has 140 valence electrons. The Balaban J connectivity index is 1.68. The molecule has 6 heteroatoms. The van der Waals surface area contributed by atoms with Crippen LogP contribution in [0.1, 0.15) is 56.9 Å². The zero-order chi connectivity index (χ0) is 18.4. The minimum absolute atomic E-state index is 0.00113. The summed E-state index contributed by atoms with van der Waals surface area (Å²) in [5, 5.41) is 10.9. The molecule has 0 aliphatic carbocycles. The summed E-state index contributed by atoms with van der Waals surface area (Å²) in [6.45, 7) is 7.75. The molecule has 3 rings (SSSR count). The third-order valence-electron chi connectivity index (χ3n) is 5.60. The zero-order valence-electron chi connectivity index (χ0n) is 15.6. The van der Waals surface area contributed by atoms with Gasteiger partial charge in [-0.25, -0.2) is 0 Å². The highest BCUT2D eigenvalue weighted by Crippen LogP contribution is 2.42. The van der Waals surface area contributed by atoms with Crippen LogP contribution in [0.5, 0.6) is 0 Å². The van der Waals surface area contributed by atoms with E-state index in [-0.39, 0.29) is 29.1 Å². The Bertz CT molecular complexity index is 642. The first-order valence-corrected chi connectivity index (χ1v) is 9.44. The number of hydrogen-bond acceptors (Lipinski definition) is 3. The standard InChI is InChI=1S/C19H29ClN2O3/c1-18(2,3)16-10-14(23)11-19(25-16)5-7-22(8-6-19)17(24)15-9-13(20)12-21(15)4/h9,12,14,16,23H,5-8,10-11H2,1-4H3/t14-,16-/m1/s1. The van der Waals surface area contributed by atoms with E-state index in [1.807, 2.05) is 11.9 Å². The van der Waals surface area contributed by atoms with E-state index in [9.17, 15) is 9.90 Å². The van der Waals surface area contributed by atoms with Gasteiger partial charge < -0.3 is 19.3 Å². The summed E-state index contributed by atoms with van der Waals surface area (Å²) < 4.78 is 8.26. The molecule has 1 N–H and O–H groups in total. The molecule has 1 amide bonds. The van der Waals surface area contributed by atoms with Gasteiger partial charge in [0.1, 0.15) is 5.69 Å². The Kier molecular flexibility index (Phi) is 4.95. The predicted molar refractivity (Wildman–Crippen MR) is 97.9 cm³/mol. The van der Waals surface area contributed by atoms with Crippen molar-refractivity contribution in [2.24, 2.45) is 12.5 Å². The predicted octanol–water partition coefficient (Wildman–Crippen LogP) is 3.24. The molecule has 0 aromatic carbocycles. The van der Waals surface area contributed by atoms with Crippen LogP contribution in [0, 0.1) is 5.41 Å². The first kappa shape index (κ1) is 18.7. The smallest absolute Gasteiger partial charge is 0.270 e. The minimum Gasteiger partial charge on any atom is -0.393 e. The Hall–Kier alpha value is -1.04. The molecule has 0 saturated carbocycles. The maximum atomic E-state index is 12.7. The summed E-state index contributed by atoms with van der Waals surface area (Å²) in [6, 6.07) is 1.71. The van der Waals surface area contributed by atoms with Gasteiger partial charge in [0, 0.05) is 39.2 Å². The number of halogens is 1. The maximum Gasteiger partial charge on any atom is 0.270 e. The molecule has 2 aliphatic rings. The number of amides is 1. The average Bonchev–Trinajstić information content (AvgIpc) is 2.84. The third kappa shape index (κ3) is 3.88. The monoisotopic (exact) mass is 368 g/mol. The van der Waals surface area contributed by atoms with Crippen molar-refractivity contribution in [1.29, 1.82) is 0 Å². The SMILES string of the molecule is Cn1cc(Cl)cc1C(=O)N1CCC2(CC1)C[C@H](O)C[C@H](C(C)(C)C)O2. The highest BCUT2D eigenvalue weighted by Gasteiger charge is 2.46. The van der Waals surface area contributed by atoms with Crippen molar-refractivity contribution in [3.63, 3.8) is 0 Å². The van der Waals surface area contributed by atoms with E-state index in [0.29, 0.717) is 36.6 Å². The van der Waals surface area contributed by atoms with E-state index in [1.54, 1.807) is 16.8 Å². The van der Waals surface area contributed by atoms with E-state index >= 15 is 0 Å². The van der Waals surface area contributed by atoms with Crippen molar-refractivity contribution >= 4 is 17.5 Å². The Labute approximate surface area is 154 Å². The Morgan fingerprint density at radius 3 is 2.52 bits per heavy atom. The molecule has 0 bridgehead atoms. The number of nitrogens with zero attached hydrogens (tertiary/aromatic N) is 2. The number of aliphatic hydroxyl groups is 1. The minimum atomic E-state index is -0.327. The topological polar surface area (TPSA) is 54.7 Å². The molecule has 1 spiro atoms. The van der Waals surface area contributed by atoms with Crippen LogP contribution >= 0.6 is 11.6 Å². The summed E-state index contributed by atoms with van der Waals surface area (Å²) in [4.78, 5) is 14.6. The van der Waals surface area contributed by atoms with Crippen molar-refractivity contribution in [2.45, 2.75) is 64.3 Å². The molecule has 0 unspecified atom stereocenters. The Morgan fingerprint density at radius 1 is 1.36 bits per heavy atom. The maximum absolute atomic E-state index is 12.7. The third-order valence-corrected chi connectivity index (χ3v) is 5.81. The van der Waals surface area contributed by atoms with Gasteiger partial charge >= 0.3 is 0 Å². The lowest BCUT2D eigenvalue weighted by atomic mass is 9.76. The van der Waals surface area contributed by atoms with Crippen molar-refractivity contribution in [3.05, 3.63) is 23.0 Å². The van der Waals surface area contributed by atoms with Gasteiger partial charge in [0.15, 0.2) is 0 Å². The molecule has 2 atom stereocenters. The molecule has 1 aromatic heterocycles. The number of carbonyl (C=O) groups excluding carboxylic acids is 1. The number of ether oxygens (including phenoxy) is 1. The van der Waals surface area contributed by atoms with Gasteiger partial charge in [-0.15, -0.1) is 0 Å². The molecule has 2 aliphatic heterocycles. The molecule has 2 saturated heterocycles. The summed E-state index contributed by atoms with van der Waals surface area (Å²) in [5.41, 5.74) is 0.303. The van der Waals surface area contributed by atoms with Crippen LogP contribution in [-0.4, -0.2) is 51.4 Å². The van der Waals surface area contributed by atoms with Crippen LogP contribution in [0.4, 0.5) is 0 Å². The van der Waals surface area contributed by atoms with E-state index in [0.717, 1.165) is 12.8 Å². The van der Waals surface area contributed by atoms with Crippen molar-refractivity contribution < 1.29 is 14.6 Å². The Morgan fingerprint density at radius 2 is 2.00 bits per heavy atom.